The number of hydrogen-bond acceptors (Lipinski definition) is 3. The van der Waals surface area contributed by atoms with E-state index >= 15 is 0 Å². The highest BCUT2D eigenvalue weighted by Gasteiger charge is 2.24. The van der Waals surface area contributed by atoms with E-state index < -0.39 is 6.10 Å². The molecule has 21 heavy (non-hydrogen) atoms. The number of hydrogen-bond donors (Lipinski definition) is 2. The first-order chi connectivity index (χ1) is 10.2. The van der Waals surface area contributed by atoms with Crippen molar-refractivity contribution in [3.05, 3.63) is 30.1 Å². The first-order valence-electron chi connectivity index (χ1n) is 7.98. The predicted molar refractivity (Wildman–Crippen MR) is 82.9 cm³/mol. The third-order valence-corrected chi connectivity index (χ3v) is 4.25. The van der Waals surface area contributed by atoms with Crippen molar-refractivity contribution in [1.29, 1.82) is 0 Å². The third-order valence-electron chi connectivity index (χ3n) is 4.25. The lowest BCUT2D eigenvalue weighted by atomic mass is 9.85. The minimum atomic E-state index is -0.547. The molecule has 1 fully saturated rings. The van der Waals surface area contributed by atoms with Crippen molar-refractivity contribution in [2.75, 3.05) is 18.5 Å². The van der Waals surface area contributed by atoms with Gasteiger partial charge in [-0.2, -0.15) is 0 Å². The molecule has 1 aliphatic rings. The number of nitrogens with one attached hydrogen (secondary N) is 1. The monoisotopic (exact) mass is 295 g/mol. The maximum absolute atomic E-state index is 12.8. The predicted octanol–water partition coefficient (Wildman–Crippen LogP) is 3.58. The van der Waals surface area contributed by atoms with Crippen LogP contribution in [0.25, 0.3) is 0 Å². The lowest BCUT2D eigenvalue weighted by Crippen LogP contribution is -2.32. The van der Waals surface area contributed by atoms with Gasteiger partial charge in [-0.15, -0.1) is 0 Å². The van der Waals surface area contributed by atoms with Gasteiger partial charge in [0.15, 0.2) is 0 Å². The summed E-state index contributed by atoms with van der Waals surface area (Å²) in [5.41, 5.74) is 0.805. The molecule has 0 spiro atoms. The number of aliphatic hydroxyl groups excluding tert-OH is 1. The Hall–Kier alpha value is -1.13. The summed E-state index contributed by atoms with van der Waals surface area (Å²) in [6.07, 6.45) is 5.77. The molecule has 0 heterocycles. The molecule has 1 aromatic rings. The summed E-state index contributed by atoms with van der Waals surface area (Å²) in [7, 11) is 0. The molecule has 3 unspecified atom stereocenters. The Morgan fingerprint density at radius 3 is 2.71 bits per heavy atom. The molecule has 1 aliphatic carbocycles. The van der Waals surface area contributed by atoms with E-state index in [0.29, 0.717) is 25.2 Å². The van der Waals surface area contributed by atoms with Gasteiger partial charge in [-0.1, -0.05) is 26.2 Å². The molecule has 3 atom stereocenters. The van der Waals surface area contributed by atoms with Gasteiger partial charge in [-0.25, -0.2) is 4.39 Å². The minimum absolute atomic E-state index is 0.257. The van der Waals surface area contributed by atoms with Crippen LogP contribution in [0.2, 0.25) is 0 Å². The normalized spacial score (nSPS) is 23.8. The number of benzene rings is 1. The van der Waals surface area contributed by atoms with Gasteiger partial charge in [0.2, 0.25) is 0 Å². The number of ether oxygens (including phenoxy) is 1. The van der Waals surface area contributed by atoms with Gasteiger partial charge in [0.05, 0.1) is 18.8 Å². The van der Waals surface area contributed by atoms with Crippen LogP contribution in [0.5, 0.6) is 0 Å². The zero-order valence-electron chi connectivity index (χ0n) is 12.7. The van der Waals surface area contributed by atoms with Gasteiger partial charge in [0, 0.05) is 12.2 Å². The van der Waals surface area contributed by atoms with Crippen molar-refractivity contribution in [3.8, 4) is 0 Å². The van der Waals surface area contributed by atoms with E-state index in [1.165, 1.54) is 31.4 Å². The molecule has 2 rings (SSSR count). The van der Waals surface area contributed by atoms with Crippen LogP contribution in [-0.4, -0.2) is 30.5 Å². The Morgan fingerprint density at radius 1 is 1.29 bits per heavy atom. The molecular weight excluding hydrogens is 269 g/mol. The molecule has 2 N–H and O–H groups in total. The Labute approximate surface area is 126 Å². The fourth-order valence-corrected chi connectivity index (χ4v) is 2.96. The number of halogens is 1. The molecular formula is C17H26FNO2. The van der Waals surface area contributed by atoms with Gasteiger partial charge < -0.3 is 15.2 Å². The standard InChI is InChI=1S/C17H26FNO2/c1-2-13-5-3-4-6-17(13)21-12-16(20)11-19-15-9-7-14(18)8-10-15/h7-10,13,16-17,19-20H,2-6,11-12H2,1H3. The molecule has 1 aromatic carbocycles. The van der Waals surface area contributed by atoms with Gasteiger partial charge >= 0.3 is 0 Å². The summed E-state index contributed by atoms with van der Waals surface area (Å²) in [5, 5.41) is 13.1. The molecule has 0 amide bonds. The Kier molecular flexibility index (Phi) is 6.46. The second-order valence-corrected chi connectivity index (χ2v) is 5.87. The highest BCUT2D eigenvalue weighted by molar-refractivity contribution is 5.42. The topological polar surface area (TPSA) is 41.5 Å². The number of anilines is 1. The zero-order valence-corrected chi connectivity index (χ0v) is 12.7. The zero-order chi connectivity index (χ0) is 15.1. The maximum Gasteiger partial charge on any atom is 0.123 e. The minimum Gasteiger partial charge on any atom is -0.389 e. The molecule has 3 nitrogen and oxygen atoms in total. The van der Waals surface area contributed by atoms with Crippen LogP contribution < -0.4 is 5.32 Å². The van der Waals surface area contributed by atoms with E-state index in [-0.39, 0.29) is 5.82 Å². The van der Waals surface area contributed by atoms with Crippen molar-refractivity contribution in [1.82, 2.24) is 0 Å². The molecule has 0 aliphatic heterocycles. The van der Waals surface area contributed by atoms with Crippen LogP contribution in [0.15, 0.2) is 24.3 Å². The molecule has 4 heteroatoms. The van der Waals surface area contributed by atoms with E-state index in [0.717, 1.165) is 18.5 Å². The second-order valence-electron chi connectivity index (χ2n) is 5.87. The van der Waals surface area contributed by atoms with Crippen LogP contribution >= 0.6 is 0 Å². The van der Waals surface area contributed by atoms with Crippen molar-refractivity contribution >= 4 is 5.69 Å². The SMILES string of the molecule is CCC1CCCCC1OCC(O)CNc1ccc(F)cc1. The highest BCUT2D eigenvalue weighted by Crippen LogP contribution is 2.29. The van der Waals surface area contributed by atoms with Gasteiger partial charge in [-0.05, 0) is 43.0 Å². The first kappa shape index (κ1) is 16.2. The van der Waals surface area contributed by atoms with Crippen LogP contribution in [-0.2, 0) is 4.74 Å². The van der Waals surface area contributed by atoms with E-state index in [9.17, 15) is 9.50 Å². The van der Waals surface area contributed by atoms with Crippen molar-refractivity contribution < 1.29 is 14.2 Å². The van der Waals surface area contributed by atoms with Crippen molar-refractivity contribution in [2.24, 2.45) is 5.92 Å². The quantitative estimate of drug-likeness (QED) is 0.808. The summed E-state index contributed by atoms with van der Waals surface area (Å²) in [6, 6.07) is 6.13. The number of rotatable bonds is 7. The maximum atomic E-state index is 12.8. The third kappa shape index (κ3) is 5.29. The van der Waals surface area contributed by atoms with Gasteiger partial charge in [0.1, 0.15) is 5.82 Å². The van der Waals surface area contributed by atoms with Crippen molar-refractivity contribution in [2.45, 2.75) is 51.2 Å². The van der Waals surface area contributed by atoms with Gasteiger partial charge in [-0.3, -0.25) is 0 Å². The lowest BCUT2D eigenvalue weighted by molar-refractivity contribution is -0.0473. The highest BCUT2D eigenvalue weighted by atomic mass is 19.1. The van der Waals surface area contributed by atoms with Crippen LogP contribution in [0.3, 0.4) is 0 Å². The molecule has 0 bridgehead atoms. The molecule has 1 saturated carbocycles. The molecule has 0 radical (unpaired) electrons. The average molecular weight is 295 g/mol. The van der Waals surface area contributed by atoms with Crippen LogP contribution in [0.1, 0.15) is 39.0 Å². The van der Waals surface area contributed by atoms with E-state index in [4.69, 9.17) is 4.74 Å². The lowest BCUT2D eigenvalue weighted by Gasteiger charge is -2.31. The summed E-state index contributed by atoms with van der Waals surface area (Å²) < 4.78 is 18.7. The smallest absolute Gasteiger partial charge is 0.123 e. The van der Waals surface area contributed by atoms with E-state index in [1.54, 1.807) is 12.1 Å². The summed E-state index contributed by atoms with van der Waals surface area (Å²) in [6.45, 7) is 2.98. The van der Waals surface area contributed by atoms with E-state index in [1.807, 2.05) is 0 Å². The summed E-state index contributed by atoms with van der Waals surface area (Å²) in [4.78, 5) is 0. The summed E-state index contributed by atoms with van der Waals surface area (Å²) in [5.74, 6) is 0.378. The van der Waals surface area contributed by atoms with Crippen molar-refractivity contribution in [3.63, 3.8) is 0 Å². The summed E-state index contributed by atoms with van der Waals surface area (Å²) >= 11 is 0. The molecule has 0 saturated heterocycles. The van der Waals surface area contributed by atoms with E-state index in [2.05, 4.69) is 12.2 Å². The second kappa shape index (κ2) is 8.35. The fourth-order valence-electron chi connectivity index (χ4n) is 2.96. The largest absolute Gasteiger partial charge is 0.389 e. The van der Waals surface area contributed by atoms with Crippen LogP contribution in [0, 0.1) is 11.7 Å². The first-order valence-corrected chi connectivity index (χ1v) is 7.98. The Bertz CT molecular complexity index is 410. The Morgan fingerprint density at radius 2 is 2.00 bits per heavy atom. The molecule has 0 aromatic heterocycles. The molecule has 118 valence electrons. The van der Waals surface area contributed by atoms with Crippen LogP contribution in [0.4, 0.5) is 10.1 Å². The van der Waals surface area contributed by atoms with Gasteiger partial charge in [0.25, 0.3) is 0 Å². The Balaban J connectivity index is 1.69. The average Bonchev–Trinajstić information content (AvgIpc) is 2.52. The number of aliphatic hydroxyl groups is 1. The fraction of sp³-hybridized carbons (Fsp3) is 0.647.